The Morgan fingerprint density at radius 1 is 1.17 bits per heavy atom. The first-order chi connectivity index (χ1) is 11.0. The van der Waals surface area contributed by atoms with E-state index in [1.54, 1.807) is 6.07 Å². The van der Waals surface area contributed by atoms with Gasteiger partial charge in [0.1, 0.15) is 11.5 Å². The van der Waals surface area contributed by atoms with E-state index in [2.05, 4.69) is 33.1 Å². The fourth-order valence-corrected chi connectivity index (χ4v) is 4.74. The van der Waals surface area contributed by atoms with Crippen LogP contribution in [-0.2, 0) is 0 Å². The Hall–Kier alpha value is -1.35. The second-order valence-electron chi connectivity index (χ2n) is 4.53. The third kappa shape index (κ3) is 3.03. The number of rotatable bonds is 3. The monoisotopic (exact) mass is 426 g/mol. The topological polar surface area (TPSA) is 53.3 Å². The fourth-order valence-electron chi connectivity index (χ4n) is 2.06. The lowest BCUT2D eigenvalue weighted by atomic mass is 9.99. The van der Waals surface area contributed by atoms with Crippen LogP contribution >= 0.6 is 51.4 Å². The third-order valence-electron chi connectivity index (χ3n) is 3.15. The van der Waals surface area contributed by atoms with Crippen LogP contribution in [0, 0.1) is 5.41 Å². The summed E-state index contributed by atoms with van der Waals surface area (Å²) >= 11 is 9.73. The summed E-state index contributed by atoms with van der Waals surface area (Å²) in [5.74, 6) is -0.488. The average molecular weight is 427 g/mol. The van der Waals surface area contributed by atoms with Crippen molar-refractivity contribution < 1.29 is 9.18 Å². The SMILES string of the molecule is N=C1C(c2ccc(-c3ccc(C=O)s3)s2)=CC(F)=C(Br)/C1=N/S. The van der Waals surface area contributed by atoms with Gasteiger partial charge in [-0.25, -0.2) is 8.79 Å². The highest BCUT2D eigenvalue weighted by Crippen LogP contribution is 2.38. The summed E-state index contributed by atoms with van der Waals surface area (Å²) in [5.41, 5.74) is 0.737. The number of hydrogen-bond acceptors (Lipinski definition) is 6. The summed E-state index contributed by atoms with van der Waals surface area (Å²) < 4.78 is 17.8. The number of thiophene rings is 2. The van der Waals surface area contributed by atoms with Gasteiger partial charge in [0, 0.05) is 20.2 Å². The summed E-state index contributed by atoms with van der Waals surface area (Å²) in [7, 11) is 0. The molecule has 0 fully saturated rings. The van der Waals surface area contributed by atoms with Crippen LogP contribution < -0.4 is 0 Å². The largest absolute Gasteiger partial charge is 0.298 e. The average Bonchev–Trinajstić information content (AvgIpc) is 3.20. The molecular formula is C15H8BrFN2OS3. The van der Waals surface area contributed by atoms with E-state index >= 15 is 0 Å². The minimum absolute atomic E-state index is 0.112. The van der Waals surface area contributed by atoms with Crippen LogP contribution in [0.15, 0.2) is 45.0 Å². The number of carbonyl (C=O) groups is 1. The minimum Gasteiger partial charge on any atom is -0.298 e. The lowest BCUT2D eigenvalue weighted by molar-refractivity contribution is 0.112. The smallest absolute Gasteiger partial charge is 0.160 e. The molecule has 2 aromatic heterocycles. The third-order valence-corrected chi connectivity index (χ3v) is 6.43. The molecule has 0 aromatic carbocycles. The summed E-state index contributed by atoms with van der Waals surface area (Å²) in [4.78, 5) is 14.1. The van der Waals surface area contributed by atoms with Crippen molar-refractivity contribution in [1.29, 1.82) is 5.41 Å². The highest BCUT2D eigenvalue weighted by molar-refractivity contribution is 9.12. The highest BCUT2D eigenvalue weighted by Gasteiger charge is 2.25. The molecule has 0 aliphatic heterocycles. The van der Waals surface area contributed by atoms with Gasteiger partial charge in [0.15, 0.2) is 6.29 Å². The van der Waals surface area contributed by atoms with Crippen molar-refractivity contribution in [3.8, 4) is 9.75 Å². The molecule has 23 heavy (non-hydrogen) atoms. The van der Waals surface area contributed by atoms with E-state index in [4.69, 9.17) is 5.41 Å². The molecule has 0 radical (unpaired) electrons. The summed E-state index contributed by atoms with van der Waals surface area (Å²) in [6.07, 6.45) is 2.13. The first kappa shape index (κ1) is 16.5. The molecule has 0 amide bonds. The molecule has 116 valence electrons. The van der Waals surface area contributed by atoms with Crippen LogP contribution in [0.5, 0.6) is 0 Å². The van der Waals surface area contributed by atoms with Crippen LogP contribution in [0.4, 0.5) is 4.39 Å². The van der Waals surface area contributed by atoms with Crippen LogP contribution in [0.25, 0.3) is 15.3 Å². The van der Waals surface area contributed by atoms with E-state index in [9.17, 15) is 9.18 Å². The maximum Gasteiger partial charge on any atom is 0.160 e. The molecule has 0 unspecified atom stereocenters. The lowest BCUT2D eigenvalue weighted by Crippen LogP contribution is -2.18. The summed E-state index contributed by atoms with van der Waals surface area (Å²) in [6, 6.07) is 7.38. The van der Waals surface area contributed by atoms with Crippen molar-refractivity contribution in [3.05, 3.63) is 50.4 Å². The highest BCUT2D eigenvalue weighted by atomic mass is 79.9. The Labute approximate surface area is 153 Å². The molecule has 2 heterocycles. The molecular weight excluding hydrogens is 419 g/mol. The van der Waals surface area contributed by atoms with Crippen molar-refractivity contribution in [3.63, 3.8) is 0 Å². The summed E-state index contributed by atoms with van der Waals surface area (Å²) in [5, 5.41) is 8.19. The Morgan fingerprint density at radius 2 is 1.83 bits per heavy atom. The molecule has 1 aliphatic rings. The molecule has 2 aromatic rings. The number of nitrogens with one attached hydrogen (secondary N) is 1. The Bertz CT molecular complexity index is 907. The molecule has 0 saturated carbocycles. The molecule has 0 saturated heterocycles. The van der Waals surface area contributed by atoms with Gasteiger partial charge < -0.3 is 0 Å². The molecule has 1 aliphatic carbocycles. The number of halogens is 2. The van der Waals surface area contributed by atoms with Gasteiger partial charge >= 0.3 is 0 Å². The van der Waals surface area contributed by atoms with Crippen molar-refractivity contribution in [2.45, 2.75) is 0 Å². The minimum atomic E-state index is -0.488. The zero-order chi connectivity index (χ0) is 16.6. The number of allylic oxidation sites excluding steroid dienone is 4. The maximum absolute atomic E-state index is 14.0. The van der Waals surface area contributed by atoms with E-state index in [0.29, 0.717) is 10.5 Å². The normalized spacial score (nSPS) is 16.9. The lowest BCUT2D eigenvalue weighted by Gasteiger charge is -2.14. The number of carbonyl (C=O) groups excluding carboxylic acids is 1. The van der Waals surface area contributed by atoms with E-state index in [-0.39, 0.29) is 15.9 Å². The predicted molar refractivity (Wildman–Crippen MR) is 102 cm³/mol. The van der Waals surface area contributed by atoms with E-state index < -0.39 is 5.83 Å². The Balaban J connectivity index is 2.02. The quantitative estimate of drug-likeness (QED) is 0.376. The molecule has 3 rings (SSSR count). The van der Waals surface area contributed by atoms with Crippen molar-refractivity contribution in [2.24, 2.45) is 4.40 Å². The second kappa shape index (κ2) is 6.64. The molecule has 0 spiro atoms. The molecule has 0 atom stereocenters. The van der Waals surface area contributed by atoms with Crippen LogP contribution in [-0.4, -0.2) is 17.7 Å². The second-order valence-corrected chi connectivity index (χ2v) is 7.72. The van der Waals surface area contributed by atoms with Crippen LogP contribution in [0.3, 0.4) is 0 Å². The van der Waals surface area contributed by atoms with Gasteiger partial charge in [0.05, 0.1) is 15.1 Å². The predicted octanol–water partition coefficient (Wildman–Crippen LogP) is 5.57. The zero-order valence-corrected chi connectivity index (χ0v) is 15.5. The van der Waals surface area contributed by atoms with Gasteiger partial charge in [-0.05, 0) is 59.1 Å². The Morgan fingerprint density at radius 3 is 2.48 bits per heavy atom. The number of thiol groups is 1. The standard InChI is InChI=1S/C15H8BrFN2OS3/c16-13-9(17)5-8(14(18)15(13)19-21)10-3-4-12(23-10)11-2-1-7(6-20)22-11/h1-6,18,21H/b18-14?,19-15-. The molecule has 3 nitrogen and oxygen atoms in total. The van der Waals surface area contributed by atoms with Crippen molar-refractivity contribution >= 4 is 74.7 Å². The van der Waals surface area contributed by atoms with Crippen molar-refractivity contribution in [1.82, 2.24) is 0 Å². The van der Waals surface area contributed by atoms with E-state index in [1.807, 2.05) is 18.2 Å². The first-order valence-corrected chi connectivity index (χ1v) is 9.12. The molecule has 8 heteroatoms. The number of aldehydes is 1. The fraction of sp³-hybridized carbons (Fsp3) is 0. The van der Waals surface area contributed by atoms with Gasteiger partial charge in [-0.15, -0.1) is 22.7 Å². The van der Waals surface area contributed by atoms with Crippen LogP contribution in [0.1, 0.15) is 14.5 Å². The van der Waals surface area contributed by atoms with Crippen LogP contribution in [0.2, 0.25) is 0 Å². The van der Waals surface area contributed by atoms with Crippen molar-refractivity contribution in [2.75, 3.05) is 0 Å². The van der Waals surface area contributed by atoms with Gasteiger partial charge in [0.2, 0.25) is 0 Å². The van der Waals surface area contributed by atoms with Gasteiger partial charge in [-0.3, -0.25) is 10.2 Å². The summed E-state index contributed by atoms with van der Waals surface area (Å²) in [6.45, 7) is 0. The molecule has 1 N–H and O–H groups in total. The maximum atomic E-state index is 14.0. The van der Waals surface area contributed by atoms with Gasteiger partial charge in [-0.2, -0.15) is 0 Å². The van der Waals surface area contributed by atoms with Gasteiger partial charge in [-0.1, -0.05) is 0 Å². The number of hydrogen-bond donors (Lipinski definition) is 2. The molecule has 0 bridgehead atoms. The Kier molecular flexibility index (Phi) is 4.77. The van der Waals surface area contributed by atoms with E-state index in [0.717, 1.165) is 20.9 Å². The number of nitrogens with zero attached hydrogens (tertiary/aromatic N) is 1. The first-order valence-electron chi connectivity index (χ1n) is 6.29. The van der Waals surface area contributed by atoms with Gasteiger partial charge in [0.25, 0.3) is 0 Å². The van der Waals surface area contributed by atoms with E-state index in [1.165, 1.54) is 28.7 Å². The zero-order valence-electron chi connectivity index (χ0n) is 11.3.